The molecular weight excluding hydrogens is 243 g/mol. The van der Waals surface area contributed by atoms with Gasteiger partial charge in [0, 0.05) is 12.6 Å². The van der Waals surface area contributed by atoms with Gasteiger partial charge in [-0.05, 0) is 18.4 Å². The Morgan fingerprint density at radius 2 is 1.83 bits per heavy atom. The summed E-state index contributed by atoms with van der Waals surface area (Å²) in [6.45, 7) is 1.44. The first-order valence-electron chi connectivity index (χ1n) is 5.95. The molecule has 2 nitrogen and oxygen atoms in total. The van der Waals surface area contributed by atoms with Gasteiger partial charge in [-0.3, -0.25) is 0 Å². The summed E-state index contributed by atoms with van der Waals surface area (Å²) in [5.74, 6) is 0. The van der Waals surface area contributed by atoms with Gasteiger partial charge in [0.1, 0.15) is 0 Å². The number of nitrogens with one attached hydrogen (secondary N) is 1. The van der Waals surface area contributed by atoms with Crippen LogP contribution in [0.4, 0.5) is 13.2 Å². The van der Waals surface area contributed by atoms with Gasteiger partial charge < -0.3 is 10.4 Å². The maximum Gasteiger partial charge on any atom is 0.415 e. The van der Waals surface area contributed by atoms with E-state index in [-0.39, 0.29) is 6.04 Å². The van der Waals surface area contributed by atoms with Crippen LogP contribution in [0.2, 0.25) is 0 Å². The van der Waals surface area contributed by atoms with Crippen LogP contribution >= 0.6 is 0 Å². The molecule has 0 aliphatic rings. The van der Waals surface area contributed by atoms with Crippen molar-refractivity contribution in [3.8, 4) is 0 Å². The molecule has 0 aliphatic carbocycles. The first-order valence-corrected chi connectivity index (χ1v) is 5.95. The zero-order chi connectivity index (χ0) is 13.6. The molecule has 1 aromatic rings. The summed E-state index contributed by atoms with van der Waals surface area (Å²) >= 11 is 0. The molecule has 0 fully saturated rings. The standard InChI is InChI=1S/C13H18F3NO/c1-2-11(8-10-6-4-3-5-7-10)17-9-12(18)13(14,15)16/h3-7,11-12,17-18H,2,8-9H2,1H3. The SMILES string of the molecule is CCC(Cc1ccccc1)NCC(O)C(F)(F)F. The van der Waals surface area contributed by atoms with E-state index in [0.29, 0.717) is 12.8 Å². The molecule has 0 aliphatic heterocycles. The Bertz CT molecular complexity index is 340. The summed E-state index contributed by atoms with van der Waals surface area (Å²) < 4.78 is 36.4. The molecule has 1 rings (SSSR count). The van der Waals surface area contributed by atoms with Crippen LogP contribution in [0.5, 0.6) is 0 Å². The number of hydrogen-bond donors (Lipinski definition) is 2. The first kappa shape index (κ1) is 15.0. The molecule has 18 heavy (non-hydrogen) atoms. The van der Waals surface area contributed by atoms with Crippen LogP contribution in [0.3, 0.4) is 0 Å². The number of alkyl halides is 3. The fraction of sp³-hybridized carbons (Fsp3) is 0.538. The van der Waals surface area contributed by atoms with Crippen molar-refractivity contribution in [2.45, 2.75) is 38.1 Å². The third-order valence-corrected chi connectivity index (χ3v) is 2.80. The van der Waals surface area contributed by atoms with Crippen molar-refractivity contribution >= 4 is 0 Å². The Labute approximate surface area is 105 Å². The van der Waals surface area contributed by atoms with Crippen LogP contribution in [0, 0.1) is 0 Å². The Morgan fingerprint density at radius 3 is 2.33 bits per heavy atom. The lowest BCUT2D eigenvalue weighted by Gasteiger charge is -2.21. The molecule has 1 aromatic carbocycles. The van der Waals surface area contributed by atoms with Gasteiger partial charge in [0.25, 0.3) is 0 Å². The molecule has 0 saturated heterocycles. The number of aliphatic hydroxyl groups excluding tert-OH is 1. The van der Waals surface area contributed by atoms with Crippen LogP contribution in [0.25, 0.3) is 0 Å². The normalized spacial score (nSPS) is 15.4. The lowest BCUT2D eigenvalue weighted by Crippen LogP contribution is -2.43. The van der Waals surface area contributed by atoms with E-state index < -0.39 is 18.8 Å². The van der Waals surface area contributed by atoms with E-state index in [1.165, 1.54) is 0 Å². The maximum absolute atomic E-state index is 12.1. The summed E-state index contributed by atoms with van der Waals surface area (Å²) in [6, 6.07) is 9.49. The summed E-state index contributed by atoms with van der Waals surface area (Å²) in [5.41, 5.74) is 1.07. The predicted octanol–water partition coefficient (Wildman–Crippen LogP) is 2.52. The van der Waals surface area contributed by atoms with E-state index in [1.54, 1.807) is 0 Å². The molecule has 2 unspecified atom stereocenters. The molecule has 0 spiro atoms. The van der Waals surface area contributed by atoms with Crippen LogP contribution in [-0.4, -0.2) is 30.0 Å². The third kappa shape index (κ3) is 5.06. The monoisotopic (exact) mass is 261 g/mol. The molecule has 5 heteroatoms. The van der Waals surface area contributed by atoms with Gasteiger partial charge in [0.2, 0.25) is 0 Å². The van der Waals surface area contributed by atoms with E-state index in [2.05, 4.69) is 5.32 Å². The molecule has 0 heterocycles. The van der Waals surface area contributed by atoms with Gasteiger partial charge >= 0.3 is 6.18 Å². The quantitative estimate of drug-likeness (QED) is 0.824. The lowest BCUT2D eigenvalue weighted by molar-refractivity contribution is -0.202. The Balaban J connectivity index is 2.43. The minimum Gasteiger partial charge on any atom is -0.382 e. The number of benzene rings is 1. The predicted molar refractivity (Wildman–Crippen MR) is 64.3 cm³/mol. The maximum atomic E-state index is 12.1. The second-order valence-electron chi connectivity index (χ2n) is 4.26. The van der Waals surface area contributed by atoms with Crippen molar-refractivity contribution in [3.63, 3.8) is 0 Å². The largest absolute Gasteiger partial charge is 0.415 e. The second kappa shape index (κ2) is 6.75. The fourth-order valence-electron chi connectivity index (χ4n) is 1.65. The minimum absolute atomic E-state index is 0.0654. The van der Waals surface area contributed by atoms with Crippen molar-refractivity contribution < 1.29 is 18.3 Å². The van der Waals surface area contributed by atoms with E-state index in [4.69, 9.17) is 5.11 Å². The zero-order valence-electron chi connectivity index (χ0n) is 10.2. The van der Waals surface area contributed by atoms with Crippen molar-refractivity contribution in [2.24, 2.45) is 0 Å². The smallest absolute Gasteiger partial charge is 0.382 e. The number of halogens is 3. The van der Waals surface area contributed by atoms with Crippen molar-refractivity contribution in [2.75, 3.05) is 6.54 Å². The van der Waals surface area contributed by atoms with Crippen LogP contribution < -0.4 is 5.32 Å². The van der Waals surface area contributed by atoms with Crippen LogP contribution in [0.15, 0.2) is 30.3 Å². The highest BCUT2D eigenvalue weighted by Crippen LogP contribution is 2.19. The molecule has 0 bridgehead atoms. The summed E-state index contributed by atoms with van der Waals surface area (Å²) in [6.07, 6.45) is -5.50. The fourth-order valence-corrected chi connectivity index (χ4v) is 1.65. The van der Waals surface area contributed by atoms with Crippen molar-refractivity contribution in [1.82, 2.24) is 5.32 Å². The minimum atomic E-state index is -4.56. The highest BCUT2D eigenvalue weighted by atomic mass is 19.4. The molecule has 2 N–H and O–H groups in total. The van der Waals surface area contributed by atoms with Gasteiger partial charge in [0.15, 0.2) is 6.10 Å². The molecule has 0 aromatic heterocycles. The third-order valence-electron chi connectivity index (χ3n) is 2.80. The molecule has 0 radical (unpaired) electrons. The Hall–Kier alpha value is -1.07. The number of rotatable bonds is 6. The van der Waals surface area contributed by atoms with Crippen molar-refractivity contribution in [1.29, 1.82) is 0 Å². The summed E-state index contributed by atoms with van der Waals surface area (Å²) in [5, 5.41) is 11.7. The summed E-state index contributed by atoms with van der Waals surface area (Å²) in [4.78, 5) is 0. The van der Waals surface area contributed by atoms with Gasteiger partial charge in [-0.25, -0.2) is 0 Å². The first-order chi connectivity index (χ1) is 8.43. The van der Waals surface area contributed by atoms with Gasteiger partial charge in [0.05, 0.1) is 0 Å². The van der Waals surface area contributed by atoms with Gasteiger partial charge in [-0.1, -0.05) is 37.3 Å². The van der Waals surface area contributed by atoms with E-state index in [9.17, 15) is 13.2 Å². The van der Waals surface area contributed by atoms with Gasteiger partial charge in [-0.15, -0.1) is 0 Å². The average Bonchev–Trinajstić information content (AvgIpc) is 2.34. The number of aliphatic hydroxyl groups is 1. The topological polar surface area (TPSA) is 32.3 Å². The van der Waals surface area contributed by atoms with Crippen LogP contribution in [0.1, 0.15) is 18.9 Å². The molecule has 0 saturated carbocycles. The Morgan fingerprint density at radius 1 is 1.22 bits per heavy atom. The molecule has 102 valence electrons. The highest BCUT2D eigenvalue weighted by Gasteiger charge is 2.37. The second-order valence-corrected chi connectivity index (χ2v) is 4.26. The lowest BCUT2D eigenvalue weighted by atomic mass is 10.0. The van der Waals surface area contributed by atoms with Crippen LogP contribution in [-0.2, 0) is 6.42 Å². The highest BCUT2D eigenvalue weighted by molar-refractivity contribution is 5.15. The van der Waals surface area contributed by atoms with Gasteiger partial charge in [-0.2, -0.15) is 13.2 Å². The van der Waals surface area contributed by atoms with E-state index in [1.807, 2.05) is 37.3 Å². The summed E-state index contributed by atoms with van der Waals surface area (Å²) in [7, 11) is 0. The number of hydrogen-bond acceptors (Lipinski definition) is 2. The average molecular weight is 261 g/mol. The molecule has 2 atom stereocenters. The van der Waals surface area contributed by atoms with E-state index in [0.717, 1.165) is 5.56 Å². The van der Waals surface area contributed by atoms with E-state index >= 15 is 0 Å². The van der Waals surface area contributed by atoms with Crippen molar-refractivity contribution in [3.05, 3.63) is 35.9 Å². The molecule has 0 amide bonds. The Kier molecular flexibility index (Phi) is 5.62. The molecular formula is C13H18F3NO. The zero-order valence-corrected chi connectivity index (χ0v) is 10.2.